The van der Waals surface area contributed by atoms with E-state index in [9.17, 15) is 0 Å². The third-order valence-electron chi connectivity index (χ3n) is 1.45. The van der Waals surface area contributed by atoms with Crippen molar-refractivity contribution >= 4 is 28.6 Å². The molecule has 0 bridgehead atoms. The first-order chi connectivity index (χ1) is 5.15. The largest absolute Gasteiger partial charge is 0.496 e. The number of thiol groups is 1. The second-order valence-corrected chi connectivity index (χ2v) is 3.64. The Morgan fingerprint density at radius 2 is 2.09 bits per heavy atom. The van der Waals surface area contributed by atoms with E-state index >= 15 is 0 Å². The number of benzene rings is 1. The Labute approximate surface area is 80.3 Å². The van der Waals surface area contributed by atoms with Gasteiger partial charge in [-0.25, -0.2) is 0 Å². The van der Waals surface area contributed by atoms with Crippen molar-refractivity contribution in [3.8, 4) is 5.75 Å². The molecule has 60 valence electrons. The first-order valence-electron chi connectivity index (χ1n) is 3.18. The van der Waals surface area contributed by atoms with Gasteiger partial charge in [0.25, 0.3) is 0 Å². The Morgan fingerprint density at radius 1 is 1.45 bits per heavy atom. The van der Waals surface area contributed by atoms with Gasteiger partial charge in [-0.2, -0.15) is 0 Å². The summed E-state index contributed by atoms with van der Waals surface area (Å²) in [7, 11) is 1.64. The molecule has 0 aromatic heterocycles. The summed E-state index contributed by atoms with van der Waals surface area (Å²) < 4.78 is 6.12. The summed E-state index contributed by atoms with van der Waals surface area (Å²) in [5, 5.41) is 0. The standard InChI is InChI=1S/C8H9BrOS/c1-5-3-6(9)4-7(10-2)8(5)11/h3-4,11H,1-2H3. The van der Waals surface area contributed by atoms with E-state index in [0.717, 1.165) is 20.7 Å². The summed E-state index contributed by atoms with van der Waals surface area (Å²) in [6.45, 7) is 2.00. The molecular formula is C8H9BrOS. The van der Waals surface area contributed by atoms with Crippen LogP contribution in [-0.2, 0) is 0 Å². The van der Waals surface area contributed by atoms with Gasteiger partial charge in [0, 0.05) is 9.37 Å². The van der Waals surface area contributed by atoms with Crippen molar-refractivity contribution in [3.05, 3.63) is 22.2 Å². The van der Waals surface area contributed by atoms with Crippen LogP contribution < -0.4 is 4.74 Å². The monoisotopic (exact) mass is 232 g/mol. The van der Waals surface area contributed by atoms with E-state index in [1.165, 1.54) is 0 Å². The Morgan fingerprint density at radius 3 is 2.64 bits per heavy atom. The van der Waals surface area contributed by atoms with Gasteiger partial charge in [0.05, 0.1) is 7.11 Å². The molecular weight excluding hydrogens is 224 g/mol. The lowest BCUT2D eigenvalue weighted by Gasteiger charge is -2.06. The summed E-state index contributed by atoms with van der Waals surface area (Å²) in [5.41, 5.74) is 1.11. The molecule has 0 radical (unpaired) electrons. The fraction of sp³-hybridized carbons (Fsp3) is 0.250. The van der Waals surface area contributed by atoms with Gasteiger partial charge in [0.15, 0.2) is 0 Å². The minimum Gasteiger partial charge on any atom is -0.496 e. The normalized spacial score (nSPS) is 9.82. The molecule has 0 saturated heterocycles. The van der Waals surface area contributed by atoms with E-state index in [1.807, 2.05) is 19.1 Å². The highest BCUT2D eigenvalue weighted by Crippen LogP contribution is 2.29. The quantitative estimate of drug-likeness (QED) is 0.733. The SMILES string of the molecule is COc1cc(Br)cc(C)c1S. The number of hydrogen-bond donors (Lipinski definition) is 1. The molecule has 0 N–H and O–H groups in total. The molecule has 0 spiro atoms. The Kier molecular flexibility index (Phi) is 2.84. The zero-order chi connectivity index (χ0) is 8.43. The van der Waals surface area contributed by atoms with Gasteiger partial charge in [0.1, 0.15) is 5.75 Å². The van der Waals surface area contributed by atoms with Crippen molar-refractivity contribution < 1.29 is 4.74 Å². The van der Waals surface area contributed by atoms with E-state index < -0.39 is 0 Å². The molecule has 0 aliphatic carbocycles. The van der Waals surface area contributed by atoms with Gasteiger partial charge in [-0.1, -0.05) is 15.9 Å². The third kappa shape index (κ3) is 1.91. The van der Waals surface area contributed by atoms with E-state index in [-0.39, 0.29) is 0 Å². The lowest BCUT2D eigenvalue weighted by Crippen LogP contribution is -1.87. The van der Waals surface area contributed by atoms with Crippen molar-refractivity contribution in [1.82, 2.24) is 0 Å². The molecule has 0 amide bonds. The maximum absolute atomic E-state index is 5.10. The summed E-state index contributed by atoms with van der Waals surface area (Å²) in [6, 6.07) is 3.90. The van der Waals surface area contributed by atoms with Gasteiger partial charge in [0.2, 0.25) is 0 Å². The molecule has 0 aliphatic heterocycles. The molecule has 1 aromatic carbocycles. The second kappa shape index (κ2) is 3.50. The van der Waals surface area contributed by atoms with E-state index in [4.69, 9.17) is 4.74 Å². The van der Waals surface area contributed by atoms with Crippen LogP contribution in [0, 0.1) is 6.92 Å². The predicted octanol–water partition coefficient (Wildman–Crippen LogP) is 3.05. The minimum atomic E-state index is 0.806. The van der Waals surface area contributed by atoms with Crippen LogP contribution in [0.2, 0.25) is 0 Å². The van der Waals surface area contributed by atoms with Crippen LogP contribution in [0.1, 0.15) is 5.56 Å². The molecule has 0 aliphatic rings. The van der Waals surface area contributed by atoms with Crippen LogP contribution >= 0.6 is 28.6 Å². The lowest BCUT2D eigenvalue weighted by molar-refractivity contribution is 0.404. The molecule has 0 saturated carbocycles. The van der Waals surface area contributed by atoms with E-state index in [0.29, 0.717) is 0 Å². The molecule has 1 rings (SSSR count). The number of methoxy groups -OCH3 is 1. The van der Waals surface area contributed by atoms with Crippen molar-refractivity contribution in [3.63, 3.8) is 0 Å². The van der Waals surface area contributed by atoms with Crippen molar-refractivity contribution in [2.75, 3.05) is 7.11 Å². The van der Waals surface area contributed by atoms with Gasteiger partial charge in [-0.15, -0.1) is 12.6 Å². The number of aryl methyl sites for hydroxylation is 1. The number of hydrogen-bond acceptors (Lipinski definition) is 2. The Balaban J connectivity index is 3.24. The Hall–Kier alpha value is -0.150. The topological polar surface area (TPSA) is 9.23 Å². The van der Waals surface area contributed by atoms with E-state index in [1.54, 1.807) is 7.11 Å². The molecule has 0 fully saturated rings. The fourth-order valence-electron chi connectivity index (χ4n) is 0.860. The maximum Gasteiger partial charge on any atom is 0.133 e. The fourth-order valence-corrected chi connectivity index (χ4v) is 1.63. The van der Waals surface area contributed by atoms with Crippen LogP contribution in [0.15, 0.2) is 21.5 Å². The lowest BCUT2D eigenvalue weighted by atomic mass is 10.2. The highest BCUT2D eigenvalue weighted by Gasteiger charge is 2.02. The molecule has 0 atom stereocenters. The summed E-state index contributed by atoms with van der Waals surface area (Å²) in [6.07, 6.45) is 0. The van der Waals surface area contributed by atoms with Crippen LogP contribution in [-0.4, -0.2) is 7.11 Å². The smallest absolute Gasteiger partial charge is 0.133 e. The highest BCUT2D eigenvalue weighted by atomic mass is 79.9. The van der Waals surface area contributed by atoms with E-state index in [2.05, 4.69) is 28.6 Å². The third-order valence-corrected chi connectivity index (χ3v) is 2.48. The second-order valence-electron chi connectivity index (χ2n) is 2.27. The van der Waals surface area contributed by atoms with Gasteiger partial charge >= 0.3 is 0 Å². The number of rotatable bonds is 1. The van der Waals surface area contributed by atoms with Gasteiger partial charge in [-0.05, 0) is 24.6 Å². The number of halogens is 1. The van der Waals surface area contributed by atoms with Crippen LogP contribution in [0.3, 0.4) is 0 Å². The molecule has 1 aromatic rings. The van der Waals surface area contributed by atoms with Crippen LogP contribution in [0.4, 0.5) is 0 Å². The van der Waals surface area contributed by atoms with Crippen molar-refractivity contribution in [1.29, 1.82) is 0 Å². The summed E-state index contributed by atoms with van der Waals surface area (Å²) in [4.78, 5) is 0.899. The molecule has 0 unspecified atom stereocenters. The van der Waals surface area contributed by atoms with Crippen molar-refractivity contribution in [2.24, 2.45) is 0 Å². The molecule has 0 heterocycles. The van der Waals surface area contributed by atoms with Crippen molar-refractivity contribution in [2.45, 2.75) is 11.8 Å². The first-order valence-corrected chi connectivity index (χ1v) is 4.42. The predicted molar refractivity (Wildman–Crippen MR) is 52.7 cm³/mol. The molecule has 11 heavy (non-hydrogen) atoms. The van der Waals surface area contributed by atoms with Crippen LogP contribution in [0.5, 0.6) is 5.75 Å². The minimum absolute atomic E-state index is 0.806. The zero-order valence-electron chi connectivity index (χ0n) is 6.39. The Bertz CT molecular complexity index is 273. The molecule has 3 heteroatoms. The average molecular weight is 233 g/mol. The van der Waals surface area contributed by atoms with Gasteiger partial charge in [-0.3, -0.25) is 0 Å². The van der Waals surface area contributed by atoms with Gasteiger partial charge < -0.3 is 4.74 Å². The number of ether oxygens (including phenoxy) is 1. The average Bonchev–Trinajstić information content (AvgIpc) is 1.96. The highest BCUT2D eigenvalue weighted by molar-refractivity contribution is 9.10. The summed E-state index contributed by atoms with van der Waals surface area (Å²) >= 11 is 7.67. The first kappa shape index (κ1) is 8.94. The van der Waals surface area contributed by atoms with Crippen LogP contribution in [0.25, 0.3) is 0 Å². The summed E-state index contributed by atoms with van der Waals surface area (Å²) in [5.74, 6) is 0.806. The molecule has 1 nitrogen and oxygen atoms in total. The zero-order valence-corrected chi connectivity index (χ0v) is 8.87. The maximum atomic E-state index is 5.10.